The molecule has 2 N–H and O–H groups in total. The van der Waals surface area contributed by atoms with Crippen molar-refractivity contribution in [3.63, 3.8) is 0 Å². The fourth-order valence-electron chi connectivity index (χ4n) is 4.23. The van der Waals surface area contributed by atoms with E-state index in [1.807, 2.05) is 35.0 Å². The van der Waals surface area contributed by atoms with Crippen LogP contribution in [0.3, 0.4) is 0 Å². The minimum atomic E-state index is -0.182. The highest BCUT2D eigenvalue weighted by Crippen LogP contribution is 2.44. The van der Waals surface area contributed by atoms with Crippen LogP contribution in [0.2, 0.25) is 0 Å². The molecule has 1 spiro atoms. The number of piperidine rings is 1. The summed E-state index contributed by atoms with van der Waals surface area (Å²) in [7, 11) is 0. The minimum absolute atomic E-state index is 0.00671. The number of rotatable bonds is 4. The first-order valence-electron chi connectivity index (χ1n) is 9.92. The van der Waals surface area contributed by atoms with Crippen LogP contribution in [-0.4, -0.2) is 41.5 Å². The number of thiophene rings is 1. The molecule has 0 bridgehead atoms. The number of pyridine rings is 1. The van der Waals surface area contributed by atoms with E-state index in [9.17, 15) is 4.79 Å². The largest absolute Gasteiger partial charge is 0.369 e. The van der Waals surface area contributed by atoms with E-state index in [0.717, 1.165) is 61.6 Å². The van der Waals surface area contributed by atoms with Crippen molar-refractivity contribution in [3.05, 3.63) is 57.7 Å². The van der Waals surface area contributed by atoms with Crippen molar-refractivity contribution in [1.82, 2.24) is 20.0 Å². The Hall–Kier alpha value is -2.22. The molecule has 6 nitrogen and oxygen atoms in total. The van der Waals surface area contributed by atoms with Crippen LogP contribution >= 0.6 is 11.3 Å². The average molecular weight is 397 g/mol. The van der Waals surface area contributed by atoms with Gasteiger partial charge in [0.25, 0.3) is 5.91 Å². The summed E-state index contributed by atoms with van der Waals surface area (Å²) in [6.07, 6.45) is 7.58. The molecule has 0 aromatic carbocycles. The smallest absolute Gasteiger partial charge is 0.261 e. The second-order valence-electron chi connectivity index (χ2n) is 7.51. The number of hydrogen-bond acceptors (Lipinski definition) is 5. The highest BCUT2D eigenvalue weighted by atomic mass is 32.1. The maximum Gasteiger partial charge on any atom is 0.261 e. The SMILES string of the molecule is O=C(NCCc1cn2ccccc2n1)c1cc2c(s1)C1(CCNCC1)OCC2. The molecular weight excluding hydrogens is 372 g/mol. The number of carbonyl (C=O) groups is 1. The van der Waals surface area contributed by atoms with Crippen LogP contribution in [0.15, 0.2) is 36.7 Å². The van der Waals surface area contributed by atoms with Crippen LogP contribution < -0.4 is 10.6 Å². The van der Waals surface area contributed by atoms with Crippen molar-refractivity contribution in [2.45, 2.75) is 31.3 Å². The Morgan fingerprint density at radius 3 is 3.11 bits per heavy atom. The van der Waals surface area contributed by atoms with E-state index in [1.165, 1.54) is 10.4 Å². The first-order valence-corrected chi connectivity index (χ1v) is 10.7. The fraction of sp³-hybridized carbons (Fsp3) is 0.429. The third-order valence-corrected chi connectivity index (χ3v) is 7.05. The van der Waals surface area contributed by atoms with Gasteiger partial charge in [0, 0.05) is 30.2 Å². The molecule has 146 valence electrons. The van der Waals surface area contributed by atoms with E-state index in [0.29, 0.717) is 6.54 Å². The van der Waals surface area contributed by atoms with Crippen molar-refractivity contribution in [1.29, 1.82) is 0 Å². The van der Waals surface area contributed by atoms with Gasteiger partial charge in [0.05, 0.1) is 17.2 Å². The Morgan fingerprint density at radius 1 is 1.36 bits per heavy atom. The first kappa shape index (κ1) is 17.8. The molecule has 5 heterocycles. The number of hydrogen-bond donors (Lipinski definition) is 2. The van der Waals surface area contributed by atoms with Gasteiger partial charge in [0.15, 0.2) is 0 Å². The summed E-state index contributed by atoms with van der Waals surface area (Å²) >= 11 is 1.61. The molecule has 0 saturated carbocycles. The molecule has 2 aliphatic rings. The Kier molecular flexibility index (Phi) is 4.66. The molecule has 0 radical (unpaired) electrons. The molecule has 0 aliphatic carbocycles. The van der Waals surface area contributed by atoms with Gasteiger partial charge in [-0.1, -0.05) is 6.07 Å². The fourth-order valence-corrected chi connectivity index (χ4v) is 5.56. The Balaban J connectivity index is 1.26. The number of nitrogens with zero attached hydrogens (tertiary/aromatic N) is 2. The Bertz CT molecular complexity index is 970. The molecule has 3 aromatic rings. The van der Waals surface area contributed by atoms with Crippen LogP contribution in [0.4, 0.5) is 0 Å². The average Bonchev–Trinajstić information content (AvgIpc) is 3.33. The van der Waals surface area contributed by atoms with Gasteiger partial charge in [-0.2, -0.15) is 0 Å². The number of aromatic nitrogens is 2. The summed E-state index contributed by atoms with van der Waals surface area (Å²) in [6.45, 7) is 3.27. The molecule has 0 atom stereocenters. The summed E-state index contributed by atoms with van der Waals surface area (Å²) in [4.78, 5) is 19.4. The van der Waals surface area contributed by atoms with E-state index in [4.69, 9.17) is 4.74 Å². The molecule has 1 saturated heterocycles. The van der Waals surface area contributed by atoms with Gasteiger partial charge in [0.1, 0.15) is 11.2 Å². The lowest BCUT2D eigenvalue weighted by Gasteiger charge is -2.40. The Morgan fingerprint density at radius 2 is 2.25 bits per heavy atom. The predicted octanol–water partition coefficient (Wildman–Crippen LogP) is 2.52. The first-order chi connectivity index (χ1) is 13.7. The quantitative estimate of drug-likeness (QED) is 0.711. The number of carbonyl (C=O) groups excluding carboxylic acids is 1. The standard InChI is InChI=1S/C21H24N4O2S/c26-20(23-8-4-16-14-25-11-2-1-3-18(25)24-16)17-13-15-5-12-27-21(19(15)28-17)6-9-22-10-7-21/h1-3,11,13-14,22H,4-10,12H2,(H,23,26). The van der Waals surface area contributed by atoms with E-state index in [-0.39, 0.29) is 11.5 Å². The van der Waals surface area contributed by atoms with Crippen molar-refractivity contribution in [2.75, 3.05) is 26.2 Å². The van der Waals surface area contributed by atoms with Gasteiger partial charge in [0.2, 0.25) is 0 Å². The molecule has 5 rings (SSSR count). The molecule has 0 unspecified atom stereocenters. The second kappa shape index (κ2) is 7.31. The number of nitrogens with one attached hydrogen (secondary N) is 2. The van der Waals surface area contributed by atoms with Gasteiger partial charge in [-0.25, -0.2) is 4.98 Å². The molecule has 2 aliphatic heterocycles. The van der Waals surface area contributed by atoms with E-state index >= 15 is 0 Å². The summed E-state index contributed by atoms with van der Waals surface area (Å²) in [5.74, 6) is 0.00671. The van der Waals surface area contributed by atoms with Gasteiger partial charge < -0.3 is 19.8 Å². The van der Waals surface area contributed by atoms with Crippen LogP contribution in [0.25, 0.3) is 5.65 Å². The minimum Gasteiger partial charge on any atom is -0.369 e. The molecule has 7 heteroatoms. The van der Waals surface area contributed by atoms with Gasteiger partial charge in [-0.15, -0.1) is 11.3 Å². The maximum atomic E-state index is 12.7. The highest BCUT2D eigenvalue weighted by Gasteiger charge is 2.41. The zero-order valence-electron chi connectivity index (χ0n) is 15.7. The molecule has 1 fully saturated rings. The number of ether oxygens (including phenoxy) is 1. The van der Waals surface area contributed by atoms with Crippen LogP contribution in [0, 0.1) is 0 Å². The van der Waals surface area contributed by atoms with Crippen molar-refractivity contribution >= 4 is 22.9 Å². The van der Waals surface area contributed by atoms with Crippen LogP contribution in [-0.2, 0) is 23.2 Å². The molecule has 1 amide bonds. The summed E-state index contributed by atoms with van der Waals surface area (Å²) in [6, 6.07) is 8.02. The monoisotopic (exact) mass is 396 g/mol. The lowest BCUT2D eigenvalue weighted by Crippen LogP contribution is -2.43. The predicted molar refractivity (Wildman–Crippen MR) is 109 cm³/mol. The summed E-state index contributed by atoms with van der Waals surface area (Å²) < 4.78 is 8.22. The summed E-state index contributed by atoms with van der Waals surface area (Å²) in [5, 5.41) is 6.47. The highest BCUT2D eigenvalue weighted by molar-refractivity contribution is 7.14. The molecule has 3 aromatic heterocycles. The van der Waals surface area contributed by atoms with Gasteiger partial charge >= 0.3 is 0 Å². The maximum absolute atomic E-state index is 12.7. The third-order valence-electron chi connectivity index (χ3n) is 5.69. The topological polar surface area (TPSA) is 67.7 Å². The van der Waals surface area contributed by atoms with E-state index < -0.39 is 0 Å². The second-order valence-corrected chi connectivity index (χ2v) is 8.56. The lowest BCUT2D eigenvalue weighted by atomic mass is 9.86. The third kappa shape index (κ3) is 3.23. The normalized spacial score (nSPS) is 18.3. The number of fused-ring (bicyclic) bond motifs is 3. The zero-order valence-corrected chi connectivity index (χ0v) is 16.6. The lowest BCUT2D eigenvalue weighted by molar-refractivity contribution is -0.0771. The molecule has 28 heavy (non-hydrogen) atoms. The summed E-state index contributed by atoms with van der Waals surface area (Å²) in [5.41, 5.74) is 3.03. The van der Waals surface area contributed by atoms with Crippen LogP contribution in [0.5, 0.6) is 0 Å². The van der Waals surface area contributed by atoms with E-state index in [1.54, 1.807) is 11.3 Å². The Labute approximate surface area is 167 Å². The van der Waals surface area contributed by atoms with E-state index in [2.05, 4.69) is 21.7 Å². The van der Waals surface area contributed by atoms with Crippen LogP contribution in [0.1, 0.15) is 38.6 Å². The zero-order chi connectivity index (χ0) is 19.0. The number of imidazole rings is 1. The molecular formula is C21H24N4O2S. The van der Waals surface area contributed by atoms with Crippen molar-refractivity contribution in [3.8, 4) is 0 Å². The van der Waals surface area contributed by atoms with Gasteiger partial charge in [-0.05, 0) is 56.1 Å². The van der Waals surface area contributed by atoms with Gasteiger partial charge in [-0.3, -0.25) is 4.79 Å². The van der Waals surface area contributed by atoms with Crippen molar-refractivity contribution < 1.29 is 9.53 Å². The number of amides is 1. The van der Waals surface area contributed by atoms with Crippen molar-refractivity contribution in [2.24, 2.45) is 0 Å².